The third kappa shape index (κ3) is 55.8. The number of amides is 1. The molecule has 518 valence electrons. The van der Waals surface area contributed by atoms with E-state index in [2.05, 4.69) is 55.6 Å². The van der Waals surface area contributed by atoms with E-state index in [4.69, 9.17) is 9.47 Å². The van der Waals surface area contributed by atoms with Gasteiger partial charge in [-0.1, -0.05) is 377 Å². The summed E-state index contributed by atoms with van der Waals surface area (Å²) in [7, 11) is 0. The average molecular weight is 1240 g/mol. The largest absolute Gasteiger partial charge is 0.394 e. The molecular formula is C79H149NO8. The zero-order valence-electron chi connectivity index (χ0n) is 58.3. The van der Waals surface area contributed by atoms with Gasteiger partial charge in [0.15, 0.2) is 6.29 Å². The molecule has 1 amide bonds. The van der Waals surface area contributed by atoms with Gasteiger partial charge in [-0.2, -0.15) is 0 Å². The van der Waals surface area contributed by atoms with Crippen LogP contribution in [0.2, 0.25) is 0 Å². The van der Waals surface area contributed by atoms with E-state index in [1.54, 1.807) is 6.08 Å². The third-order valence-corrected chi connectivity index (χ3v) is 18.6. The second kappa shape index (κ2) is 68.0. The lowest BCUT2D eigenvalue weighted by Gasteiger charge is -2.40. The number of carbonyl (C=O) groups is 1. The molecule has 7 unspecified atom stereocenters. The van der Waals surface area contributed by atoms with E-state index in [1.165, 1.54) is 321 Å². The zero-order chi connectivity index (χ0) is 63.5. The number of hydrogen-bond acceptors (Lipinski definition) is 8. The van der Waals surface area contributed by atoms with Crippen molar-refractivity contribution >= 4 is 5.91 Å². The molecule has 7 atom stereocenters. The smallest absolute Gasteiger partial charge is 0.220 e. The molecule has 0 spiro atoms. The van der Waals surface area contributed by atoms with Crippen LogP contribution in [0.15, 0.2) is 48.6 Å². The number of aliphatic hydroxyl groups excluding tert-OH is 5. The fraction of sp³-hybridized carbons (Fsp3) is 0.886. The van der Waals surface area contributed by atoms with Crippen molar-refractivity contribution in [1.82, 2.24) is 5.32 Å². The van der Waals surface area contributed by atoms with Gasteiger partial charge in [-0.15, -0.1) is 0 Å². The molecule has 1 fully saturated rings. The first kappa shape index (κ1) is 84.2. The molecule has 0 aromatic carbocycles. The zero-order valence-corrected chi connectivity index (χ0v) is 58.3. The van der Waals surface area contributed by atoms with Crippen LogP contribution in [-0.4, -0.2) is 87.5 Å². The maximum absolute atomic E-state index is 13.2. The first-order chi connectivity index (χ1) is 43.3. The normalized spacial score (nSPS) is 18.1. The molecule has 1 aliphatic heterocycles. The van der Waals surface area contributed by atoms with Crippen LogP contribution in [-0.2, 0) is 14.3 Å². The van der Waals surface area contributed by atoms with Crippen LogP contribution in [0.5, 0.6) is 0 Å². The van der Waals surface area contributed by atoms with Gasteiger partial charge in [0.05, 0.1) is 25.4 Å². The minimum Gasteiger partial charge on any atom is -0.394 e. The first-order valence-electron chi connectivity index (χ1n) is 38.9. The minimum absolute atomic E-state index is 0.168. The Hall–Kier alpha value is -1.85. The van der Waals surface area contributed by atoms with Gasteiger partial charge in [0.1, 0.15) is 24.4 Å². The van der Waals surface area contributed by atoms with E-state index in [0.717, 1.165) is 51.4 Å². The van der Waals surface area contributed by atoms with E-state index in [1.807, 2.05) is 6.08 Å². The molecule has 1 rings (SSSR count). The highest BCUT2D eigenvalue weighted by molar-refractivity contribution is 5.76. The van der Waals surface area contributed by atoms with Gasteiger partial charge >= 0.3 is 0 Å². The van der Waals surface area contributed by atoms with Gasteiger partial charge in [0, 0.05) is 6.42 Å². The third-order valence-electron chi connectivity index (χ3n) is 18.6. The standard InChI is InChI=1S/C79H149NO8/c1-3-5-7-9-11-13-15-17-19-21-23-25-27-29-30-31-32-33-34-35-36-37-38-39-40-41-42-43-44-45-47-49-51-53-55-57-59-61-63-65-67-69-75(83)80-72(71-87-79-78(86)77(85)76(84)74(70-81)88-79)73(82)68-66-64-62-60-58-56-54-52-50-48-46-28-26-24-22-20-18-16-14-12-10-8-6-4-2/h15,17,21,23,27,29,66,68,72-74,76-79,81-82,84-86H,3-14,16,18-20,22,24-26,28,30-65,67,69-71H2,1-2H3,(H,80,83)/b17-15-,23-21-,29-27-,68-66+. The molecule has 9 heteroatoms. The number of rotatable bonds is 69. The molecule has 1 heterocycles. The predicted octanol–water partition coefficient (Wildman–Crippen LogP) is 21.9. The fourth-order valence-electron chi connectivity index (χ4n) is 12.6. The van der Waals surface area contributed by atoms with Gasteiger partial charge in [0.2, 0.25) is 5.91 Å². The van der Waals surface area contributed by atoms with Crippen molar-refractivity contribution in [3.8, 4) is 0 Å². The highest BCUT2D eigenvalue weighted by Gasteiger charge is 2.44. The Balaban J connectivity index is 2.04. The van der Waals surface area contributed by atoms with Gasteiger partial charge in [-0.05, 0) is 57.8 Å². The Morgan fingerprint density at radius 2 is 0.670 bits per heavy atom. The maximum atomic E-state index is 13.2. The molecule has 0 radical (unpaired) electrons. The lowest BCUT2D eigenvalue weighted by atomic mass is 9.99. The molecule has 0 bridgehead atoms. The average Bonchev–Trinajstić information content (AvgIpc) is 3.31. The molecule has 0 aromatic heterocycles. The van der Waals surface area contributed by atoms with Crippen molar-refractivity contribution in [2.24, 2.45) is 0 Å². The van der Waals surface area contributed by atoms with Crippen LogP contribution in [0.25, 0.3) is 0 Å². The first-order valence-corrected chi connectivity index (χ1v) is 38.9. The Morgan fingerprint density at radius 1 is 0.386 bits per heavy atom. The van der Waals surface area contributed by atoms with E-state index >= 15 is 0 Å². The lowest BCUT2D eigenvalue weighted by molar-refractivity contribution is -0.302. The summed E-state index contributed by atoms with van der Waals surface area (Å²) in [6.07, 6.45) is 86.8. The van der Waals surface area contributed by atoms with Crippen molar-refractivity contribution < 1.29 is 39.8 Å². The van der Waals surface area contributed by atoms with E-state index in [-0.39, 0.29) is 12.5 Å². The molecule has 0 aliphatic carbocycles. The second-order valence-electron chi connectivity index (χ2n) is 27.2. The topological polar surface area (TPSA) is 149 Å². The number of aliphatic hydroxyl groups is 5. The number of allylic oxidation sites excluding steroid dienone is 7. The van der Waals surface area contributed by atoms with Crippen LogP contribution in [0.3, 0.4) is 0 Å². The summed E-state index contributed by atoms with van der Waals surface area (Å²) in [5, 5.41) is 54.9. The summed E-state index contributed by atoms with van der Waals surface area (Å²) in [5.41, 5.74) is 0. The van der Waals surface area contributed by atoms with E-state index in [9.17, 15) is 30.3 Å². The van der Waals surface area contributed by atoms with Gasteiger partial charge in [0.25, 0.3) is 0 Å². The molecular weight excluding hydrogens is 1090 g/mol. The van der Waals surface area contributed by atoms with Crippen molar-refractivity contribution in [2.45, 2.75) is 436 Å². The van der Waals surface area contributed by atoms with Crippen LogP contribution in [0.1, 0.15) is 393 Å². The summed E-state index contributed by atoms with van der Waals surface area (Å²) >= 11 is 0. The number of nitrogens with one attached hydrogen (secondary N) is 1. The Kier molecular flexibility index (Phi) is 65.1. The van der Waals surface area contributed by atoms with Crippen molar-refractivity contribution in [2.75, 3.05) is 13.2 Å². The molecule has 0 saturated carbocycles. The lowest BCUT2D eigenvalue weighted by Crippen LogP contribution is -2.60. The van der Waals surface area contributed by atoms with E-state index < -0.39 is 49.5 Å². The van der Waals surface area contributed by atoms with Crippen molar-refractivity contribution in [3.63, 3.8) is 0 Å². The Labute approximate surface area is 545 Å². The Bertz CT molecular complexity index is 1530. The van der Waals surface area contributed by atoms with Crippen LogP contribution in [0.4, 0.5) is 0 Å². The molecule has 1 saturated heterocycles. The monoisotopic (exact) mass is 1240 g/mol. The summed E-state index contributed by atoms with van der Waals surface area (Å²) in [4.78, 5) is 13.2. The summed E-state index contributed by atoms with van der Waals surface area (Å²) in [6.45, 7) is 3.82. The van der Waals surface area contributed by atoms with E-state index in [0.29, 0.717) is 6.42 Å². The van der Waals surface area contributed by atoms with Crippen LogP contribution < -0.4 is 5.32 Å². The summed E-state index contributed by atoms with van der Waals surface area (Å²) in [5.74, 6) is -0.168. The molecule has 0 aromatic rings. The second-order valence-corrected chi connectivity index (χ2v) is 27.2. The van der Waals surface area contributed by atoms with Gasteiger partial charge in [-0.3, -0.25) is 4.79 Å². The van der Waals surface area contributed by atoms with Crippen molar-refractivity contribution in [3.05, 3.63) is 48.6 Å². The van der Waals surface area contributed by atoms with Crippen LogP contribution >= 0.6 is 0 Å². The SMILES string of the molecule is CCCCCCC/C=C\C/C=C\C/C=C\CCCCCCCCCCCCCCCCCCCCCCCCCCCCC(=O)NC(COC1OC(CO)C(O)C(O)C1O)C(O)/C=C/CCCCCCCCCCCCCCCCCCCCCCCC. The molecule has 9 nitrogen and oxygen atoms in total. The molecule has 88 heavy (non-hydrogen) atoms. The van der Waals surface area contributed by atoms with Gasteiger partial charge in [-0.25, -0.2) is 0 Å². The number of ether oxygens (including phenoxy) is 2. The molecule has 6 N–H and O–H groups in total. The Morgan fingerprint density at radius 3 is 0.989 bits per heavy atom. The number of unbranched alkanes of at least 4 members (excludes halogenated alkanes) is 53. The van der Waals surface area contributed by atoms with Crippen molar-refractivity contribution in [1.29, 1.82) is 0 Å². The summed E-state index contributed by atoms with van der Waals surface area (Å²) in [6, 6.07) is -0.805. The number of carbonyl (C=O) groups excluding carboxylic acids is 1. The summed E-state index contributed by atoms with van der Waals surface area (Å²) < 4.78 is 11.3. The quantitative estimate of drug-likeness (QED) is 0.0261. The van der Waals surface area contributed by atoms with Crippen LogP contribution in [0, 0.1) is 0 Å². The molecule has 1 aliphatic rings. The predicted molar refractivity (Wildman–Crippen MR) is 378 cm³/mol. The fourth-order valence-corrected chi connectivity index (χ4v) is 12.6. The highest BCUT2D eigenvalue weighted by Crippen LogP contribution is 2.24. The van der Waals surface area contributed by atoms with Gasteiger partial charge < -0.3 is 40.3 Å². The number of hydrogen-bond donors (Lipinski definition) is 6. The minimum atomic E-state index is -1.57. The highest BCUT2D eigenvalue weighted by atomic mass is 16.7. The maximum Gasteiger partial charge on any atom is 0.220 e.